The Morgan fingerprint density at radius 3 is 2.41 bits per heavy atom. The maximum atomic E-state index is 11.8. The summed E-state index contributed by atoms with van der Waals surface area (Å²) in [6.07, 6.45) is 3.57. The molecule has 7 heteroatoms. The molecular formula is C20H21Cl2N3OS. The van der Waals surface area contributed by atoms with Gasteiger partial charge in [0.1, 0.15) is 0 Å². The van der Waals surface area contributed by atoms with Crippen molar-refractivity contribution in [3.05, 3.63) is 52.0 Å². The summed E-state index contributed by atoms with van der Waals surface area (Å²) in [6.45, 7) is 3.55. The zero-order valence-electron chi connectivity index (χ0n) is 15.0. The lowest BCUT2D eigenvalue weighted by Crippen LogP contribution is -2.31. The molecular weight excluding hydrogens is 401 g/mol. The van der Waals surface area contributed by atoms with Crippen LogP contribution in [0.1, 0.15) is 36.5 Å². The zero-order chi connectivity index (χ0) is 19.4. The number of benzene rings is 2. The highest BCUT2D eigenvalue weighted by Crippen LogP contribution is 2.31. The van der Waals surface area contributed by atoms with Gasteiger partial charge in [-0.05, 0) is 74.8 Å². The van der Waals surface area contributed by atoms with Crippen molar-refractivity contribution in [1.29, 1.82) is 0 Å². The quantitative estimate of drug-likeness (QED) is 0.468. The molecule has 1 fully saturated rings. The molecule has 0 spiro atoms. The van der Waals surface area contributed by atoms with Crippen LogP contribution in [0.2, 0.25) is 10.0 Å². The van der Waals surface area contributed by atoms with Gasteiger partial charge in [0.2, 0.25) is 0 Å². The summed E-state index contributed by atoms with van der Waals surface area (Å²) in [7, 11) is 0. The number of ketones is 1. The lowest BCUT2D eigenvalue weighted by molar-refractivity contribution is 0.101. The number of hydrogen-bond donors (Lipinski definition) is 2. The summed E-state index contributed by atoms with van der Waals surface area (Å²) >= 11 is 17.7. The molecule has 142 valence electrons. The Balaban J connectivity index is 1.84. The van der Waals surface area contributed by atoms with E-state index < -0.39 is 0 Å². The minimum Gasteiger partial charge on any atom is -0.370 e. The van der Waals surface area contributed by atoms with Gasteiger partial charge in [0.15, 0.2) is 10.9 Å². The number of anilines is 3. The molecule has 0 aromatic heterocycles. The summed E-state index contributed by atoms with van der Waals surface area (Å²) in [5, 5.41) is 7.78. The Bertz CT molecular complexity index is 866. The van der Waals surface area contributed by atoms with E-state index in [1.54, 1.807) is 25.1 Å². The number of nitrogens with one attached hydrogen (secondary N) is 2. The number of carbonyl (C=O) groups excluding carboxylic acids is 1. The summed E-state index contributed by atoms with van der Waals surface area (Å²) < 4.78 is 0. The highest BCUT2D eigenvalue weighted by Gasteiger charge is 2.17. The molecule has 0 aliphatic carbocycles. The molecule has 2 N–H and O–H groups in total. The molecule has 1 saturated heterocycles. The predicted molar refractivity (Wildman–Crippen MR) is 119 cm³/mol. The fourth-order valence-corrected chi connectivity index (χ4v) is 3.69. The normalized spacial score (nSPS) is 14.0. The van der Waals surface area contributed by atoms with Crippen molar-refractivity contribution in [2.24, 2.45) is 0 Å². The molecule has 0 amide bonds. The molecule has 4 nitrogen and oxygen atoms in total. The molecule has 2 aromatic rings. The topological polar surface area (TPSA) is 44.4 Å². The molecule has 1 aliphatic rings. The summed E-state index contributed by atoms with van der Waals surface area (Å²) in [4.78, 5) is 14.1. The third-order valence-electron chi connectivity index (χ3n) is 4.52. The van der Waals surface area contributed by atoms with E-state index in [2.05, 4.69) is 15.5 Å². The largest absolute Gasteiger partial charge is 0.370 e. The average molecular weight is 422 g/mol. The molecule has 0 radical (unpaired) electrons. The second-order valence-electron chi connectivity index (χ2n) is 6.54. The average Bonchev–Trinajstić information content (AvgIpc) is 2.65. The Kier molecular flexibility index (Phi) is 6.58. The van der Waals surface area contributed by atoms with Crippen LogP contribution in [0.4, 0.5) is 17.1 Å². The molecule has 2 aromatic carbocycles. The molecule has 3 rings (SSSR count). The smallest absolute Gasteiger partial charge is 0.175 e. The Morgan fingerprint density at radius 2 is 1.70 bits per heavy atom. The molecule has 0 saturated carbocycles. The van der Waals surface area contributed by atoms with E-state index >= 15 is 0 Å². The second-order valence-corrected chi connectivity index (χ2v) is 7.79. The summed E-state index contributed by atoms with van der Waals surface area (Å²) in [6, 6.07) is 10.8. The standard InChI is InChI=1S/C20H21Cl2N3OS/c1-13(26)14-5-8-19(25-9-3-2-4-10-25)18(11-14)24-20(27)23-17-12-15(21)6-7-16(17)22/h5-8,11-12H,2-4,9-10H2,1H3,(H2,23,24,27). The van der Waals surface area contributed by atoms with E-state index in [0.29, 0.717) is 26.4 Å². The highest BCUT2D eigenvalue weighted by atomic mass is 35.5. The molecule has 27 heavy (non-hydrogen) atoms. The first-order valence-corrected chi connectivity index (χ1v) is 10.0. The zero-order valence-corrected chi connectivity index (χ0v) is 17.3. The first-order chi connectivity index (χ1) is 12.9. The van der Waals surface area contributed by atoms with E-state index in [4.69, 9.17) is 35.4 Å². The maximum Gasteiger partial charge on any atom is 0.175 e. The highest BCUT2D eigenvalue weighted by molar-refractivity contribution is 7.80. The van der Waals surface area contributed by atoms with Gasteiger partial charge in [0.05, 0.1) is 22.1 Å². The number of Topliss-reactive ketones (excluding diaryl/α,β-unsaturated/α-hetero) is 1. The van der Waals surface area contributed by atoms with E-state index in [1.807, 2.05) is 18.2 Å². The fourth-order valence-electron chi connectivity index (χ4n) is 3.13. The van der Waals surface area contributed by atoms with Gasteiger partial charge in [-0.3, -0.25) is 4.79 Å². The Labute approximate surface area is 174 Å². The summed E-state index contributed by atoms with van der Waals surface area (Å²) in [5.41, 5.74) is 3.12. The van der Waals surface area contributed by atoms with Crippen molar-refractivity contribution in [2.75, 3.05) is 28.6 Å². The van der Waals surface area contributed by atoms with Crippen LogP contribution in [0, 0.1) is 0 Å². The molecule has 0 bridgehead atoms. The van der Waals surface area contributed by atoms with Crippen molar-refractivity contribution in [1.82, 2.24) is 0 Å². The van der Waals surface area contributed by atoms with Gasteiger partial charge in [-0.25, -0.2) is 0 Å². The Morgan fingerprint density at radius 1 is 1.00 bits per heavy atom. The lowest BCUT2D eigenvalue weighted by Gasteiger charge is -2.31. The van der Waals surface area contributed by atoms with Crippen molar-refractivity contribution >= 4 is 63.4 Å². The van der Waals surface area contributed by atoms with Gasteiger partial charge in [-0.15, -0.1) is 0 Å². The van der Waals surface area contributed by atoms with Crippen LogP contribution in [-0.2, 0) is 0 Å². The number of rotatable bonds is 4. The first-order valence-electron chi connectivity index (χ1n) is 8.87. The number of halogens is 2. The van der Waals surface area contributed by atoms with Gasteiger partial charge < -0.3 is 15.5 Å². The second kappa shape index (κ2) is 8.91. The van der Waals surface area contributed by atoms with Crippen molar-refractivity contribution in [3.8, 4) is 0 Å². The lowest BCUT2D eigenvalue weighted by atomic mass is 10.1. The molecule has 0 unspecified atom stereocenters. The van der Waals surface area contributed by atoms with Gasteiger partial charge in [0.25, 0.3) is 0 Å². The van der Waals surface area contributed by atoms with Gasteiger partial charge in [-0.2, -0.15) is 0 Å². The molecule has 1 aliphatic heterocycles. The minimum absolute atomic E-state index is 0.0139. The van der Waals surface area contributed by atoms with Crippen LogP contribution in [0.5, 0.6) is 0 Å². The van der Waals surface area contributed by atoms with Crippen LogP contribution >= 0.6 is 35.4 Å². The Hall–Kier alpha value is -1.82. The monoisotopic (exact) mass is 421 g/mol. The van der Waals surface area contributed by atoms with Crippen LogP contribution in [0.25, 0.3) is 0 Å². The van der Waals surface area contributed by atoms with Crippen molar-refractivity contribution < 1.29 is 4.79 Å². The van der Waals surface area contributed by atoms with Gasteiger partial charge in [0, 0.05) is 23.7 Å². The van der Waals surface area contributed by atoms with E-state index in [0.717, 1.165) is 37.3 Å². The third-order valence-corrected chi connectivity index (χ3v) is 5.29. The molecule has 0 atom stereocenters. The van der Waals surface area contributed by atoms with Gasteiger partial charge >= 0.3 is 0 Å². The number of nitrogens with zero attached hydrogens (tertiary/aromatic N) is 1. The van der Waals surface area contributed by atoms with Crippen molar-refractivity contribution in [3.63, 3.8) is 0 Å². The SMILES string of the molecule is CC(=O)c1ccc(N2CCCCC2)c(NC(=S)Nc2cc(Cl)ccc2Cl)c1. The number of hydrogen-bond acceptors (Lipinski definition) is 3. The number of piperidine rings is 1. The maximum absolute atomic E-state index is 11.8. The van der Waals surface area contributed by atoms with Crippen LogP contribution in [0.3, 0.4) is 0 Å². The summed E-state index contributed by atoms with van der Waals surface area (Å²) in [5.74, 6) is 0.0139. The van der Waals surface area contributed by atoms with E-state index in [9.17, 15) is 4.79 Å². The minimum atomic E-state index is 0.0139. The predicted octanol–water partition coefficient (Wildman–Crippen LogP) is 6.00. The number of carbonyl (C=O) groups is 1. The van der Waals surface area contributed by atoms with Crippen LogP contribution in [0.15, 0.2) is 36.4 Å². The van der Waals surface area contributed by atoms with Crippen LogP contribution in [-0.4, -0.2) is 24.0 Å². The third kappa shape index (κ3) is 5.12. The van der Waals surface area contributed by atoms with E-state index in [-0.39, 0.29) is 5.78 Å². The first kappa shape index (κ1) is 19.9. The van der Waals surface area contributed by atoms with Crippen LogP contribution < -0.4 is 15.5 Å². The fraction of sp³-hybridized carbons (Fsp3) is 0.300. The van der Waals surface area contributed by atoms with Gasteiger partial charge in [-0.1, -0.05) is 23.2 Å². The van der Waals surface area contributed by atoms with Crippen molar-refractivity contribution in [2.45, 2.75) is 26.2 Å². The van der Waals surface area contributed by atoms with E-state index in [1.165, 1.54) is 6.42 Å². The number of thiocarbonyl (C=S) groups is 1. The molecule has 1 heterocycles.